The van der Waals surface area contributed by atoms with Gasteiger partial charge >= 0.3 is 0 Å². The van der Waals surface area contributed by atoms with Gasteiger partial charge in [-0.15, -0.1) is 0 Å². The van der Waals surface area contributed by atoms with E-state index >= 15 is 0 Å². The zero-order valence-electron chi connectivity index (χ0n) is 11.1. The molecule has 0 aliphatic carbocycles. The lowest BCUT2D eigenvalue weighted by Gasteiger charge is -2.32. The van der Waals surface area contributed by atoms with E-state index in [0.717, 1.165) is 11.9 Å². The van der Waals surface area contributed by atoms with Crippen LogP contribution in [-0.2, 0) is 5.54 Å². The molecule has 1 heterocycles. The lowest BCUT2D eigenvalue weighted by atomic mass is 9.91. The van der Waals surface area contributed by atoms with Crippen molar-refractivity contribution in [3.63, 3.8) is 0 Å². The van der Waals surface area contributed by atoms with Crippen molar-refractivity contribution in [3.05, 3.63) is 59.1 Å². The van der Waals surface area contributed by atoms with E-state index in [0.29, 0.717) is 17.1 Å². The molecule has 1 aromatic heterocycles. The van der Waals surface area contributed by atoms with E-state index < -0.39 is 11.4 Å². The summed E-state index contributed by atoms with van der Waals surface area (Å²) >= 11 is 5.85. The Morgan fingerprint density at radius 1 is 1.25 bits per heavy atom. The topological polar surface area (TPSA) is 45.1 Å². The number of pyridine rings is 1. The molecule has 0 saturated heterocycles. The van der Waals surface area contributed by atoms with Gasteiger partial charge in [-0.2, -0.15) is 0 Å². The van der Waals surface area contributed by atoms with Gasteiger partial charge < -0.3 is 10.4 Å². The number of hydrogen-bond acceptors (Lipinski definition) is 3. The van der Waals surface area contributed by atoms with Gasteiger partial charge in [-0.1, -0.05) is 18.5 Å². The molecule has 2 rings (SSSR count). The zero-order valence-corrected chi connectivity index (χ0v) is 11.9. The molecule has 0 radical (unpaired) electrons. The average molecular weight is 295 g/mol. The van der Waals surface area contributed by atoms with Crippen LogP contribution in [0.3, 0.4) is 0 Å². The molecule has 20 heavy (non-hydrogen) atoms. The minimum Gasteiger partial charge on any atom is -0.394 e. The van der Waals surface area contributed by atoms with Gasteiger partial charge in [0.2, 0.25) is 0 Å². The minimum absolute atomic E-state index is 0.148. The van der Waals surface area contributed by atoms with Crippen molar-refractivity contribution in [1.29, 1.82) is 0 Å². The van der Waals surface area contributed by atoms with Crippen molar-refractivity contribution in [2.75, 3.05) is 11.9 Å². The molecule has 0 fully saturated rings. The van der Waals surface area contributed by atoms with Gasteiger partial charge in [-0.25, -0.2) is 4.39 Å². The highest BCUT2D eigenvalue weighted by molar-refractivity contribution is 6.30. The minimum atomic E-state index is -0.748. The van der Waals surface area contributed by atoms with Crippen LogP contribution in [0.5, 0.6) is 0 Å². The highest BCUT2D eigenvalue weighted by atomic mass is 35.5. The number of hydrogen-bond donors (Lipinski definition) is 2. The Morgan fingerprint density at radius 3 is 2.45 bits per heavy atom. The summed E-state index contributed by atoms with van der Waals surface area (Å²) in [6.45, 7) is 1.79. The van der Waals surface area contributed by atoms with Crippen LogP contribution in [-0.4, -0.2) is 16.7 Å². The fourth-order valence-corrected chi connectivity index (χ4v) is 2.16. The molecule has 0 amide bonds. The molecule has 106 valence electrons. The number of aromatic nitrogens is 1. The molecule has 5 heteroatoms. The number of rotatable bonds is 5. The Balaban J connectivity index is 2.33. The molecule has 1 unspecified atom stereocenters. The van der Waals surface area contributed by atoms with E-state index in [2.05, 4.69) is 10.3 Å². The summed E-state index contributed by atoms with van der Waals surface area (Å²) in [7, 11) is 0. The Bertz CT molecular complexity index is 553. The van der Waals surface area contributed by atoms with Gasteiger partial charge in [0, 0.05) is 10.7 Å². The van der Waals surface area contributed by atoms with Crippen molar-refractivity contribution in [1.82, 2.24) is 4.98 Å². The molecule has 1 atom stereocenters. The average Bonchev–Trinajstić information content (AvgIpc) is 2.48. The number of benzene rings is 1. The van der Waals surface area contributed by atoms with Gasteiger partial charge in [0.1, 0.15) is 11.4 Å². The molecule has 0 spiro atoms. The first-order valence-electron chi connectivity index (χ1n) is 6.36. The number of aliphatic hydroxyl groups is 1. The molecular weight excluding hydrogens is 279 g/mol. The Labute approximate surface area is 122 Å². The van der Waals surface area contributed by atoms with Gasteiger partial charge in [-0.05, 0) is 42.8 Å². The van der Waals surface area contributed by atoms with E-state index in [-0.39, 0.29) is 6.61 Å². The summed E-state index contributed by atoms with van der Waals surface area (Å²) in [5.74, 6) is -0.400. The molecule has 3 nitrogen and oxygen atoms in total. The lowest BCUT2D eigenvalue weighted by molar-refractivity contribution is 0.204. The van der Waals surface area contributed by atoms with Crippen LogP contribution in [0.1, 0.15) is 19.0 Å². The zero-order chi connectivity index (χ0) is 14.6. The monoisotopic (exact) mass is 294 g/mol. The maximum Gasteiger partial charge on any atom is 0.141 e. The van der Waals surface area contributed by atoms with E-state index in [1.54, 1.807) is 18.2 Å². The highest BCUT2D eigenvalue weighted by Gasteiger charge is 2.31. The van der Waals surface area contributed by atoms with Crippen LogP contribution < -0.4 is 5.32 Å². The Kier molecular flexibility index (Phi) is 4.57. The number of nitrogens with zero attached hydrogens (tertiary/aromatic N) is 1. The molecule has 1 aromatic carbocycles. The van der Waals surface area contributed by atoms with Crippen LogP contribution in [0.25, 0.3) is 0 Å². The standard InChI is InChI=1S/C15H16ClFN2O/c1-2-15(10-20,14-8-5-12(17)9-18-14)19-13-6-3-11(16)4-7-13/h3-9,19-20H,2,10H2,1H3. The second kappa shape index (κ2) is 6.20. The van der Waals surface area contributed by atoms with Crippen molar-refractivity contribution in [2.45, 2.75) is 18.9 Å². The van der Waals surface area contributed by atoms with E-state index in [1.807, 2.05) is 19.1 Å². The second-order valence-corrected chi connectivity index (χ2v) is 5.02. The second-order valence-electron chi connectivity index (χ2n) is 4.59. The summed E-state index contributed by atoms with van der Waals surface area (Å²) < 4.78 is 13.0. The maximum atomic E-state index is 13.0. The molecule has 0 aliphatic heterocycles. The molecule has 2 aromatic rings. The molecule has 2 N–H and O–H groups in total. The SMILES string of the molecule is CCC(CO)(Nc1ccc(Cl)cc1)c1ccc(F)cn1. The molecular formula is C15H16ClFN2O. The third-order valence-electron chi connectivity index (χ3n) is 3.32. The van der Waals surface area contributed by atoms with Gasteiger partial charge in [-0.3, -0.25) is 4.98 Å². The van der Waals surface area contributed by atoms with Crippen LogP contribution in [0.2, 0.25) is 5.02 Å². The van der Waals surface area contributed by atoms with Crippen LogP contribution in [0.15, 0.2) is 42.6 Å². The van der Waals surface area contributed by atoms with E-state index in [1.165, 1.54) is 6.07 Å². The third-order valence-corrected chi connectivity index (χ3v) is 3.57. The smallest absolute Gasteiger partial charge is 0.141 e. The first-order valence-corrected chi connectivity index (χ1v) is 6.74. The lowest BCUT2D eigenvalue weighted by Crippen LogP contribution is -2.39. The molecule has 0 aliphatic rings. The predicted octanol–water partition coefficient (Wildman–Crippen LogP) is 3.58. The maximum absolute atomic E-state index is 13.0. The number of nitrogens with one attached hydrogen (secondary N) is 1. The van der Waals surface area contributed by atoms with E-state index in [4.69, 9.17) is 11.6 Å². The van der Waals surface area contributed by atoms with Crippen LogP contribution in [0.4, 0.5) is 10.1 Å². The predicted molar refractivity (Wildman–Crippen MR) is 78.3 cm³/mol. The van der Waals surface area contributed by atoms with Gasteiger partial charge in [0.25, 0.3) is 0 Å². The third kappa shape index (κ3) is 3.08. The summed E-state index contributed by atoms with van der Waals surface area (Å²) in [6, 6.07) is 10.1. The normalized spacial score (nSPS) is 13.8. The number of anilines is 1. The summed E-state index contributed by atoms with van der Waals surface area (Å²) in [5.41, 5.74) is 0.664. The first kappa shape index (κ1) is 14.8. The van der Waals surface area contributed by atoms with Crippen molar-refractivity contribution >= 4 is 17.3 Å². The van der Waals surface area contributed by atoms with Gasteiger partial charge in [0.05, 0.1) is 18.5 Å². The Morgan fingerprint density at radius 2 is 1.95 bits per heavy atom. The largest absolute Gasteiger partial charge is 0.394 e. The fourth-order valence-electron chi connectivity index (χ4n) is 2.03. The highest BCUT2D eigenvalue weighted by Crippen LogP contribution is 2.28. The van der Waals surface area contributed by atoms with Crippen molar-refractivity contribution in [3.8, 4) is 0 Å². The van der Waals surface area contributed by atoms with Crippen molar-refractivity contribution in [2.24, 2.45) is 0 Å². The van der Waals surface area contributed by atoms with Crippen LogP contribution in [0, 0.1) is 5.82 Å². The van der Waals surface area contributed by atoms with Crippen molar-refractivity contribution < 1.29 is 9.50 Å². The quantitative estimate of drug-likeness (QED) is 0.886. The first-order chi connectivity index (χ1) is 9.59. The fraction of sp³-hybridized carbons (Fsp3) is 0.267. The molecule has 0 saturated carbocycles. The Hall–Kier alpha value is -1.65. The summed E-state index contributed by atoms with van der Waals surface area (Å²) in [4.78, 5) is 4.08. The number of aliphatic hydroxyl groups excluding tert-OH is 1. The number of halogens is 2. The van der Waals surface area contributed by atoms with Gasteiger partial charge in [0.15, 0.2) is 0 Å². The molecule has 0 bridgehead atoms. The summed E-state index contributed by atoms with van der Waals surface area (Å²) in [5, 5.41) is 13.7. The summed E-state index contributed by atoms with van der Waals surface area (Å²) in [6.07, 6.45) is 1.75. The van der Waals surface area contributed by atoms with E-state index in [9.17, 15) is 9.50 Å². The van der Waals surface area contributed by atoms with Crippen LogP contribution >= 0.6 is 11.6 Å².